The zero-order valence-corrected chi connectivity index (χ0v) is 9.88. The molecule has 3 aromatic rings. The summed E-state index contributed by atoms with van der Waals surface area (Å²) in [7, 11) is 0. The van der Waals surface area contributed by atoms with E-state index in [0.717, 1.165) is 22.5 Å². The SMILES string of the molecule is Cc1cc(C)n(-c2cccc3cnccc23)n1. The van der Waals surface area contributed by atoms with Crippen molar-refractivity contribution in [1.29, 1.82) is 0 Å². The number of hydrogen-bond donors (Lipinski definition) is 0. The largest absolute Gasteiger partial charge is 0.264 e. The molecule has 0 spiro atoms. The second-order valence-corrected chi connectivity index (χ2v) is 4.21. The van der Waals surface area contributed by atoms with Crippen molar-refractivity contribution in [2.24, 2.45) is 0 Å². The molecule has 0 atom stereocenters. The molecule has 1 aromatic carbocycles. The Morgan fingerprint density at radius 2 is 2.00 bits per heavy atom. The predicted molar refractivity (Wildman–Crippen MR) is 68.3 cm³/mol. The average Bonchev–Trinajstić information content (AvgIpc) is 2.68. The van der Waals surface area contributed by atoms with Gasteiger partial charge in [-0.1, -0.05) is 12.1 Å². The van der Waals surface area contributed by atoms with E-state index >= 15 is 0 Å². The summed E-state index contributed by atoms with van der Waals surface area (Å²) < 4.78 is 1.98. The number of aromatic nitrogens is 3. The lowest BCUT2D eigenvalue weighted by Crippen LogP contribution is -1.99. The molecule has 3 nitrogen and oxygen atoms in total. The number of nitrogens with zero attached hydrogens (tertiary/aromatic N) is 3. The van der Waals surface area contributed by atoms with Crippen LogP contribution in [-0.2, 0) is 0 Å². The third kappa shape index (κ3) is 1.60. The number of fused-ring (bicyclic) bond motifs is 1. The second-order valence-electron chi connectivity index (χ2n) is 4.21. The minimum Gasteiger partial charge on any atom is -0.264 e. The van der Waals surface area contributed by atoms with Crippen LogP contribution in [0.3, 0.4) is 0 Å². The molecule has 0 N–H and O–H groups in total. The molecule has 17 heavy (non-hydrogen) atoms. The van der Waals surface area contributed by atoms with Crippen molar-refractivity contribution in [3.8, 4) is 5.69 Å². The van der Waals surface area contributed by atoms with Crippen LogP contribution in [0.1, 0.15) is 11.4 Å². The highest BCUT2D eigenvalue weighted by Gasteiger charge is 2.06. The lowest BCUT2D eigenvalue weighted by molar-refractivity contribution is 0.839. The molecule has 0 amide bonds. The highest BCUT2D eigenvalue weighted by molar-refractivity contribution is 5.89. The Hall–Kier alpha value is -2.16. The van der Waals surface area contributed by atoms with Crippen LogP contribution in [0.15, 0.2) is 42.7 Å². The Bertz CT molecular complexity index is 678. The van der Waals surface area contributed by atoms with Crippen LogP contribution in [-0.4, -0.2) is 14.8 Å². The predicted octanol–water partition coefficient (Wildman–Crippen LogP) is 3.04. The second kappa shape index (κ2) is 3.70. The lowest BCUT2D eigenvalue weighted by Gasteiger charge is -2.07. The summed E-state index contributed by atoms with van der Waals surface area (Å²) in [5.74, 6) is 0. The maximum Gasteiger partial charge on any atom is 0.0728 e. The van der Waals surface area contributed by atoms with Gasteiger partial charge in [0.25, 0.3) is 0 Å². The van der Waals surface area contributed by atoms with Gasteiger partial charge in [0.15, 0.2) is 0 Å². The minimum absolute atomic E-state index is 1.04. The molecule has 0 aliphatic rings. The van der Waals surface area contributed by atoms with Gasteiger partial charge in [0.1, 0.15) is 0 Å². The smallest absolute Gasteiger partial charge is 0.0728 e. The quantitative estimate of drug-likeness (QED) is 0.634. The average molecular weight is 223 g/mol. The fourth-order valence-electron chi connectivity index (χ4n) is 2.16. The molecule has 0 bridgehead atoms. The molecule has 0 aliphatic heterocycles. The fraction of sp³-hybridized carbons (Fsp3) is 0.143. The van der Waals surface area contributed by atoms with Crippen molar-refractivity contribution in [3.63, 3.8) is 0 Å². The van der Waals surface area contributed by atoms with Crippen LogP contribution in [0.4, 0.5) is 0 Å². The van der Waals surface area contributed by atoms with E-state index in [1.807, 2.05) is 36.1 Å². The molecule has 0 fully saturated rings. The van der Waals surface area contributed by atoms with Crippen LogP contribution in [0.2, 0.25) is 0 Å². The third-order valence-electron chi connectivity index (χ3n) is 2.90. The molecule has 0 unspecified atom stereocenters. The summed E-state index contributed by atoms with van der Waals surface area (Å²) in [6.45, 7) is 4.08. The number of aryl methyl sites for hydroxylation is 2. The zero-order chi connectivity index (χ0) is 11.8. The van der Waals surface area contributed by atoms with Gasteiger partial charge in [-0.2, -0.15) is 5.10 Å². The van der Waals surface area contributed by atoms with Gasteiger partial charge in [-0.3, -0.25) is 4.98 Å². The van der Waals surface area contributed by atoms with Crippen molar-refractivity contribution in [2.75, 3.05) is 0 Å². The molecule has 0 radical (unpaired) electrons. The Kier molecular flexibility index (Phi) is 2.18. The molecule has 3 heteroatoms. The van der Waals surface area contributed by atoms with Crippen LogP contribution >= 0.6 is 0 Å². The van der Waals surface area contributed by atoms with E-state index in [1.54, 1.807) is 0 Å². The van der Waals surface area contributed by atoms with Gasteiger partial charge in [0, 0.05) is 28.9 Å². The summed E-state index contributed by atoms with van der Waals surface area (Å²) in [4.78, 5) is 4.15. The van der Waals surface area contributed by atoms with E-state index in [2.05, 4.69) is 35.2 Å². The molecule has 0 saturated carbocycles. The fourth-order valence-corrected chi connectivity index (χ4v) is 2.16. The maximum absolute atomic E-state index is 4.53. The summed E-state index contributed by atoms with van der Waals surface area (Å²) in [6, 6.07) is 10.3. The molecule has 84 valence electrons. The Morgan fingerprint density at radius 1 is 1.12 bits per heavy atom. The van der Waals surface area contributed by atoms with E-state index in [4.69, 9.17) is 0 Å². The van der Waals surface area contributed by atoms with Crippen LogP contribution in [0.25, 0.3) is 16.5 Å². The van der Waals surface area contributed by atoms with Crippen LogP contribution in [0.5, 0.6) is 0 Å². The van der Waals surface area contributed by atoms with Crippen molar-refractivity contribution in [1.82, 2.24) is 14.8 Å². The first-order valence-corrected chi connectivity index (χ1v) is 5.62. The highest BCUT2D eigenvalue weighted by atomic mass is 15.3. The molecule has 2 aromatic heterocycles. The first-order valence-electron chi connectivity index (χ1n) is 5.62. The van der Waals surface area contributed by atoms with Crippen LogP contribution < -0.4 is 0 Å². The van der Waals surface area contributed by atoms with Gasteiger partial charge in [0.2, 0.25) is 0 Å². The molecule has 0 aliphatic carbocycles. The standard InChI is InChI=1S/C14H13N3/c1-10-8-11(2)17(16-10)14-5-3-4-12-9-15-7-6-13(12)14/h3-9H,1-2H3. The monoisotopic (exact) mass is 223 g/mol. The maximum atomic E-state index is 4.53. The number of hydrogen-bond acceptors (Lipinski definition) is 2. The van der Waals surface area contributed by atoms with Gasteiger partial charge in [-0.25, -0.2) is 4.68 Å². The van der Waals surface area contributed by atoms with E-state index in [-0.39, 0.29) is 0 Å². The Morgan fingerprint density at radius 3 is 2.76 bits per heavy atom. The normalized spacial score (nSPS) is 10.9. The van der Waals surface area contributed by atoms with Gasteiger partial charge >= 0.3 is 0 Å². The summed E-state index contributed by atoms with van der Waals surface area (Å²) in [5.41, 5.74) is 3.29. The third-order valence-corrected chi connectivity index (χ3v) is 2.90. The Labute approximate surface area is 99.7 Å². The van der Waals surface area contributed by atoms with Crippen molar-refractivity contribution in [3.05, 3.63) is 54.1 Å². The van der Waals surface area contributed by atoms with E-state index in [9.17, 15) is 0 Å². The lowest BCUT2D eigenvalue weighted by atomic mass is 10.1. The van der Waals surface area contributed by atoms with E-state index in [0.29, 0.717) is 0 Å². The molecular formula is C14H13N3. The number of benzene rings is 1. The number of pyridine rings is 1. The van der Waals surface area contributed by atoms with Crippen LogP contribution in [0, 0.1) is 13.8 Å². The summed E-state index contributed by atoms with van der Waals surface area (Å²) in [6.07, 6.45) is 3.70. The topological polar surface area (TPSA) is 30.7 Å². The summed E-state index contributed by atoms with van der Waals surface area (Å²) >= 11 is 0. The van der Waals surface area contributed by atoms with Gasteiger partial charge < -0.3 is 0 Å². The summed E-state index contributed by atoms with van der Waals surface area (Å²) in [5, 5.41) is 6.84. The molecule has 2 heterocycles. The van der Waals surface area contributed by atoms with Gasteiger partial charge in [-0.05, 0) is 32.0 Å². The first-order chi connectivity index (χ1) is 8.25. The van der Waals surface area contributed by atoms with Gasteiger partial charge in [-0.15, -0.1) is 0 Å². The van der Waals surface area contributed by atoms with E-state index < -0.39 is 0 Å². The van der Waals surface area contributed by atoms with Crippen molar-refractivity contribution < 1.29 is 0 Å². The van der Waals surface area contributed by atoms with Crippen molar-refractivity contribution >= 4 is 10.8 Å². The zero-order valence-electron chi connectivity index (χ0n) is 9.88. The van der Waals surface area contributed by atoms with Crippen molar-refractivity contribution in [2.45, 2.75) is 13.8 Å². The van der Waals surface area contributed by atoms with Gasteiger partial charge in [0.05, 0.1) is 11.4 Å². The highest BCUT2D eigenvalue weighted by Crippen LogP contribution is 2.22. The number of rotatable bonds is 1. The molecular weight excluding hydrogens is 210 g/mol. The van der Waals surface area contributed by atoms with E-state index in [1.165, 1.54) is 5.39 Å². The molecule has 3 rings (SSSR count). The first kappa shape index (κ1) is 10.0. The Balaban J connectivity index is 2.34. The molecule has 0 saturated heterocycles. The minimum atomic E-state index is 1.04.